The molecule has 4 N–H and O–H groups in total. The van der Waals surface area contributed by atoms with E-state index in [1.54, 1.807) is 0 Å². The third-order valence-electron chi connectivity index (χ3n) is 5.13. The van der Waals surface area contributed by atoms with Gasteiger partial charge in [0.25, 0.3) is 0 Å². The quantitative estimate of drug-likeness (QED) is 0.152. The van der Waals surface area contributed by atoms with Gasteiger partial charge in [0.1, 0.15) is 0 Å². The minimum Gasteiger partial charge on any atom is -0.330 e. The van der Waals surface area contributed by atoms with Crippen molar-refractivity contribution in [1.82, 2.24) is 10.6 Å². The van der Waals surface area contributed by atoms with Gasteiger partial charge in [0.15, 0.2) is 0 Å². The highest BCUT2D eigenvalue weighted by atomic mass is 14.9. The maximum Gasteiger partial charge on any atom is -0.00368 e. The van der Waals surface area contributed by atoms with Crippen molar-refractivity contribution in [3.63, 3.8) is 0 Å². The molecule has 0 rings (SSSR count). The molecule has 0 heterocycles. The van der Waals surface area contributed by atoms with Crippen LogP contribution in [0.15, 0.2) is 12.2 Å². The summed E-state index contributed by atoms with van der Waals surface area (Å²) in [5.74, 6) is 0. The second-order valence-electron chi connectivity index (χ2n) is 7.93. The minimum absolute atomic E-state index is 0.793. The number of nitrogens with one attached hydrogen (secondary N) is 2. The second-order valence-corrected chi connectivity index (χ2v) is 7.93. The molecule has 0 bridgehead atoms. The average molecular weight is 382 g/mol. The van der Waals surface area contributed by atoms with Crippen LogP contribution in [0.25, 0.3) is 0 Å². The fraction of sp³-hybridized carbons (Fsp3) is 0.917. The molecule has 0 aromatic carbocycles. The lowest BCUT2D eigenvalue weighted by Crippen LogP contribution is -2.24. The van der Waals surface area contributed by atoms with Crippen molar-refractivity contribution in [3.05, 3.63) is 12.2 Å². The third-order valence-corrected chi connectivity index (χ3v) is 5.13. The molecule has 0 atom stereocenters. The lowest BCUT2D eigenvalue weighted by molar-refractivity contribution is 0.548. The zero-order valence-electron chi connectivity index (χ0n) is 18.6. The summed E-state index contributed by atoms with van der Waals surface area (Å²) in [6, 6.07) is 0. The Morgan fingerprint density at radius 3 is 1.52 bits per heavy atom. The molecule has 0 radical (unpaired) electrons. The number of rotatable bonds is 23. The van der Waals surface area contributed by atoms with Gasteiger partial charge in [-0.1, -0.05) is 76.9 Å². The van der Waals surface area contributed by atoms with E-state index in [0.29, 0.717) is 0 Å². The number of unbranched alkanes of at least 4 members (excludes halogenated alkanes) is 12. The molecular weight excluding hydrogens is 330 g/mol. The fourth-order valence-corrected chi connectivity index (χ4v) is 3.31. The Hall–Kier alpha value is -0.380. The van der Waals surface area contributed by atoms with Gasteiger partial charge in [-0.25, -0.2) is 0 Å². The molecule has 0 saturated carbocycles. The van der Waals surface area contributed by atoms with Crippen molar-refractivity contribution in [1.29, 1.82) is 0 Å². The molecular formula is C24H51N3. The van der Waals surface area contributed by atoms with E-state index in [2.05, 4.69) is 29.7 Å². The minimum atomic E-state index is 0.793. The first-order chi connectivity index (χ1) is 13.4. The first-order valence-electron chi connectivity index (χ1n) is 12.2. The van der Waals surface area contributed by atoms with Gasteiger partial charge in [-0.15, -0.1) is 0 Å². The first kappa shape index (κ1) is 26.6. The number of nitrogens with two attached hydrogens (primary N) is 1. The summed E-state index contributed by atoms with van der Waals surface area (Å²) in [6.07, 6.45) is 26.5. The number of hydrogen-bond donors (Lipinski definition) is 3. The molecule has 0 aromatic rings. The Balaban J connectivity index is 3.03. The second kappa shape index (κ2) is 25.6. The molecule has 0 aliphatic rings. The van der Waals surface area contributed by atoms with Crippen LogP contribution in [0.4, 0.5) is 0 Å². The van der Waals surface area contributed by atoms with E-state index in [1.807, 2.05) is 0 Å². The van der Waals surface area contributed by atoms with E-state index >= 15 is 0 Å². The van der Waals surface area contributed by atoms with Crippen LogP contribution >= 0.6 is 0 Å². The molecule has 0 saturated heterocycles. The first-order valence-corrected chi connectivity index (χ1v) is 12.2. The van der Waals surface area contributed by atoms with E-state index in [1.165, 1.54) is 103 Å². The number of allylic oxidation sites excluding steroid dienone is 2. The van der Waals surface area contributed by atoms with Crippen molar-refractivity contribution in [2.24, 2.45) is 5.73 Å². The van der Waals surface area contributed by atoms with Crippen LogP contribution in [0.3, 0.4) is 0 Å². The van der Waals surface area contributed by atoms with Crippen molar-refractivity contribution in [3.8, 4) is 0 Å². The maximum absolute atomic E-state index is 5.47. The zero-order valence-corrected chi connectivity index (χ0v) is 18.6. The Morgan fingerprint density at radius 1 is 0.519 bits per heavy atom. The van der Waals surface area contributed by atoms with Gasteiger partial charge in [-0.05, 0) is 77.7 Å². The topological polar surface area (TPSA) is 50.1 Å². The molecule has 0 amide bonds. The van der Waals surface area contributed by atoms with Crippen LogP contribution in [-0.2, 0) is 0 Å². The Bertz CT molecular complexity index is 279. The molecule has 0 aromatic heterocycles. The van der Waals surface area contributed by atoms with Crippen molar-refractivity contribution in [2.45, 2.75) is 110 Å². The Labute approximate surface area is 171 Å². The van der Waals surface area contributed by atoms with Gasteiger partial charge >= 0.3 is 0 Å². The molecule has 0 unspecified atom stereocenters. The summed E-state index contributed by atoms with van der Waals surface area (Å²) >= 11 is 0. The summed E-state index contributed by atoms with van der Waals surface area (Å²) in [4.78, 5) is 0. The van der Waals surface area contributed by atoms with E-state index in [9.17, 15) is 0 Å². The van der Waals surface area contributed by atoms with Gasteiger partial charge in [-0.3, -0.25) is 0 Å². The summed E-state index contributed by atoms with van der Waals surface area (Å²) in [5, 5.41) is 6.97. The van der Waals surface area contributed by atoms with E-state index in [0.717, 1.165) is 32.6 Å². The van der Waals surface area contributed by atoms with Crippen LogP contribution in [0.1, 0.15) is 110 Å². The van der Waals surface area contributed by atoms with E-state index in [-0.39, 0.29) is 0 Å². The van der Waals surface area contributed by atoms with Crippen LogP contribution < -0.4 is 16.4 Å². The lowest BCUT2D eigenvalue weighted by atomic mass is 10.1. The monoisotopic (exact) mass is 381 g/mol. The molecule has 0 aliphatic heterocycles. The van der Waals surface area contributed by atoms with Crippen LogP contribution in [0, 0.1) is 0 Å². The van der Waals surface area contributed by atoms with Gasteiger partial charge < -0.3 is 16.4 Å². The molecule has 0 spiro atoms. The zero-order chi connectivity index (χ0) is 19.7. The number of hydrogen-bond acceptors (Lipinski definition) is 3. The highest BCUT2D eigenvalue weighted by Gasteiger charge is 1.93. The highest BCUT2D eigenvalue weighted by Crippen LogP contribution is 2.09. The lowest BCUT2D eigenvalue weighted by Gasteiger charge is -2.06. The predicted molar refractivity (Wildman–Crippen MR) is 123 cm³/mol. The van der Waals surface area contributed by atoms with Gasteiger partial charge in [-0.2, -0.15) is 0 Å². The molecule has 0 aliphatic carbocycles. The predicted octanol–water partition coefficient (Wildman–Crippen LogP) is 5.94. The maximum atomic E-state index is 5.47. The summed E-state index contributed by atoms with van der Waals surface area (Å²) < 4.78 is 0. The largest absolute Gasteiger partial charge is 0.330 e. The van der Waals surface area contributed by atoms with E-state index in [4.69, 9.17) is 5.73 Å². The summed E-state index contributed by atoms with van der Waals surface area (Å²) in [5.41, 5.74) is 5.47. The SMILES string of the molecule is CCCCCCCC/C=C\CCCCCCCCNCCCNCCCN. The third kappa shape index (κ3) is 25.6. The normalized spacial score (nSPS) is 11.6. The molecule has 3 nitrogen and oxygen atoms in total. The van der Waals surface area contributed by atoms with Gasteiger partial charge in [0.2, 0.25) is 0 Å². The molecule has 3 heteroatoms. The summed E-state index contributed by atoms with van der Waals surface area (Å²) in [6.45, 7) is 7.57. The van der Waals surface area contributed by atoms with Crippen molar-refractivity contribution in [2.75, 3.05) is 32.7 Å². The smallest absolute Gasteiger partial charge is 0.00368 e. The molecule has 0 fully saturated rings. The Kier molecular flexibility index (Phi) is 25.3. The van der Waals surface area contributed by atoms with Crippen molar-refractivity contribution >= 4 is 0 Å². The van der Waals surface area contributed by atoms with E-state index < -0.39 is 0 Å². The van der Waals surface area contributed by atoms with Crippen LogP contribution in [0.5, 0.6) is 0 Å². The van der Waals surface area contributed by atoms with Crippen molar-refractivity contribution < 1.29 is 0 Å². The fourth-order valence-electron chi connectivity index (χ4n) is 3.31. The Morgan fingerprint density at radius 2 is 0.963 bits per heavy atom. The van der Waals surface area contributed by atoms with Gasteiger partial charge in [0.05, 0.1) is 0 Å². The standard InChI is InChI=1S/C24H51N3/c1-2-3-4-5-6-7-8-9-10-11-12-13-14-15-16-17-21-26-23-19-24-27-22-18-20-25/h9-10,26-27H,2-8,11-25H2,1H3/b10-9-. The molecule has 162 valence electrons. The summed E-state index contributed by atoms with van der Waals surface area (Å²) in [7, 11) is 0. The average Bonchev–Trinajstić information content (AvgIpc) is 2.68. The van der Waals surface area contributed by atoms with Crippen LogP contribution in [0.2, 0.25) is 0 Å². The van der Waals surface area contributed by atoms with Crippen LogP contribution in [-0.4, -0.2) is 32.7 Å². The molecule has 27 heavy (non-hydrogen) atoms. The van der Waals surface area contributed by atoms with Gasteiger partial charge in [0, 0.05) is 0 Å². The highest BCUT2D eigenvalue weighted by molar-refractivity contribution is 4.81.